The highest BCUT2D eigenvalue weighted by Crippen LogP contribution is 2.10. The number of nitrogens with one attached hydrogen (secondary N) is 2. The summed E-state index contributed by atoms with van der Waals surface area (Å²) in [6.45, 7) is 4.18. The van der Waals surface area contributed by atoms with Gasteiger partial charge in [0.25, 0.3) is 0 Å². The third kappa shape index (κ3) is 5.80. The SMILES string of the molecule is CCNC(=NCc1nncn1-c1ccccc1)NCCc1cccs1.I. The molecule has 2 N–H and O–H groups in total. The molecular formula is C18H23IN6S. The van der Waals surface area contributed by atoms with Crippen molar-refractivity contribution in [2.45, 2.75) is 19.9 Å². The van der Waals surface area contributed by atoms with Crippen LogP contribution in [0.4, 0.5) is 0 Å². The molecule has 0 bridgehead atoms. The Kier molecular flexibility index (Phi) is 8.56. The number of benzene rings is 1. The smallest absolute Gasteiger partial charge is 0.191 e. The first kappa shape index (κ1) is 20.4. The Hall–Kier alpha value is -1.94. The largest absolute Gasteiger partial charge is 0.357 e. The summed E-state index contributed by atoms with van der Waals surface area (Å²) < 4.78 is 1.96. The molecule has 26 heavy (non-hydrogen) atoms. The van der Waals surface area contributed by atoms with E-state index >= 15 is 0 Å². The minimum atomic E-state index is 0. The maximum absolute atomic E-state index is 4.64. The van der Waals surface area contributed by atoms with Gasteiger partial charge in [-0.3, -0.25) is 4.57 Å². The molecule has 0 amide bonds. The van der Waals surface area contributed by atoms with E-state index in [2.05, 4.69) is 50.3 Å². The number of aliphatic imine (C=N–C) groups is 1. The van der Waals surface area contributed by atoms with Crippen molar-refractivity contribution in [1.29, 1.82) is 0 Å². The Balaban J connectivity index is 0.00000243. The second-order valence-electron chi connectivity index (χ2n) is 5.40. The zero-order chi connectivity index (χ0) is 17.3. The molecule has 0 unspecified atom stereocenters. The average molecular weight is 482 g/mol. The zero-order valence-corrected chi connectivity index (χ0v) is 17.8. The first-order valence-corrected chi connectivity index (χ1v) is 9.23. The van der Waals surface area contributed by atoms with E-state index in [1.54, 1.807) is 17.7 Å². The highest BCUT2D eigenvalue weighted by Gasteiger charge is 2.06. The van der Waals surface area contributed by atoms with Crippen LogP contribution in [-0.4, -0.2) is 33.8 Å². The molecule has 8 heteroatoms. The van der Waals surface area contributed by atoms with Crippen molar-refractivity contribution in [3.8, 4) is 5.69 Å². The molecule has 1 aromatic carbocycles. The number of hydrogen-bond donors (Lipinski definition) is 2. The van der Waals surface area contributed by atoms with E-state index in [0.717, 1.165) is 37.0 Å². The number of hydrogen-bond acceptors (Lipinski definition) is 4. The van der Waals surface area contributed by atoms with Crippen LogP contribution >= 0.6 is 35.3 Å². The third-order valence-corrected chi connectivity index (χ3v) is 4.56. The normalized spacial score (nSPS) is 11.0. The number of para-hydroxylation sites is 1. The lowest BCUT2D eigenvalue weighted by molar-refractivity contribution is 0.787. The molecule has 2 aromatic heterocycles. The number of thiophene rings is 1. The van der Waals surface area contributed by atoms with Crippen molar-refractivity contribution in [3.63, 3.8) is 0 Å². The highest BCUT2D eigenvalue weighted by molar-refractivity contribution is 14.0. The number of aromatic nitrogens is 3. The van der Waals surface area contributed by atoms with Crippen molar-refractivity contribution in [3.05, 3.63) is 64.9 Å². The van der Waals surface area contributed by atoms with Crippen LogP contribution in [0.15, 0.2) is 59.2 Å². The fraction of sp³-hybridized carbons (Fsp3) is 0.278. The summed E-state index contributed by atoms with van der Waals surface area (Å²) in [5, 5.41) is 17.0. The molecule has 0 aliphatic carbocycles. The van der Waals surface area contributed by atoms with Crippen LogP contribution in [0.25, 0.3) is 5.69 Å². The first-order chi connectivity index (χ1) is 12.4. The van der Waals surface area contributed by atoms with Crippen molar-refractivity contribution >= 4 is 41.3 Å². The van der Waals surface area contributed by atoms with E-state index in [-0.39, 0.29) is 24.0 Å². The van der Waals surface area contributed by atoms with E-state index in [9.17, 15) is 0 Å². The maximum Gasteiger partial charge on any atom is 0.191 e. The minimum absolute atomic E-state index is 0. The first-order valence-electron chi connectivity index (χ1n) is 8.35. The van der Waals surface area contributed by atoms with E-state index in [0.29, 0.717) is 6.54 Å². The Morgan fingerprint density at radius 3 is 2.73 bits per heavy atom. The van der Waals surface area contributed by atoms with Gasteiger partial charge in [0.1, 0.15) is 12.9 Å². The highest BCUT2D eigenvalue weighted by atomic mass is 127. The lowest BCUT2D eigenvalue weighted by atomic mass is 10.3. The zero-order valence-electron chi connectivity index (χ0n) is 14.6. The topological polar surface area (TPSA) is 67.1 Å². The van der Waals surface area contributed by atoms with Crippen molar-refractivity contribution < 1.29 is 0 Å². The lowest BCUT2D eigenvalue weighted by Crippen LogP contribution is -2.38. The quantitative estimate of drug-likeness (QED) is 0.308. The Morgan fingerprint density at radius 2 is 2.00 bits per heavy atom. The van der Waals surface area contributed by atoms with Gasteiger partial charge in [0.2, 0.25) is 0 Å². The monoisotopic (exact) mass is 482 g/mol. The number of nitrogens with zero attached hydrogens (tertiary/aromatic N) is 4. The molecule has 0 spiro atoms. The van der Waals surface area contributed by atoms with Gasteiger partial charge in [-0.1, -0.05) is 24.3 Å². The summed E-state index contributed by atoms with van der Waals surface area (Å²) in [5.41, 5.74) is 1.04. The maximum atomic E-state index is 4.64. The fourth-order valence-electron chi connectivity index (χ4n) is 2.42. The molecule has 0 saturated heterocycles. The van der Waals surface area contributed by atoms with Crippen LogP contribution in [0.2, 0.25) is 0 Å². The average Bonchev–Trinajstić information content (AvgIpc) is 3.32. The van der Waals surface area contributed by atoms with Crippen LogP contribution in [0, 0.1) is 0 Å². The molecule has 0 saturated carbocycles. The van der Waals surface area contributed by atoms with Gasteiger partial charge in [0, 0.05) is 23.7 Å². The summed E-state index contributed by atoms with van der Waals surface area (Å²) in [6.07, 6.45) is 2.71. The van der Waals surface area contributed by atoms with Crippen molar-refractivity contribution in [1.82, 2.24) is 25.4 Å². The molecule has 6 nitrogen and oxygen atoms in total. The molecule has 0 fully saturated rings. The summed E-state index contributed by atoms with van der Waals surface area (Å²) >= 11 is 1.78. The van der Waals surface area contributed by atoms with Gasteiger partial charge >= 0.3 is 0 Å². The molecular weight excluding hydrogens is 459 g/mol. The molecule has 0 radical (unpaired) electrons. The predicted octanol–water partition coefficient (Wildman–Crippen LogP) is 3.24. The van der Waals surface area contributed by atoms with Crippen molar-refractivity contribution in [2.75, 3.05) is 13.1 Å². The molecule has 3 aromatic rings. The van der Waals surface area contributed by atoms with E-state index in [4.69, 9.17) is 0 Å². The predicted molar refractivity (Wildman–Crippen MR) is 118 cm³/mol. The van der Waals surface area contributed by atoms with Crippen LogP contribution in [-0.2, 0) is 13.0 Å². The molecule has 2 heterocycles. The number of rotatable bonds is 7. The van der Waals surface area contributed by atoms with E-state index in [1.165, 1.54) is 4.88 Å². The molecule has 0 aliphatic rings. The van der Waals surface area contributed by atoms with Gasteiger partial charge in [-0.05, 0) is 36.9 Å². The van der Waals surface area contributed by atoms with Gasteiger partial charge in [-0.2, -0.15) is 0 Å². The molecule has 138 valence electrons. The van der Waals surface area contributed by atoms with Gasteiger partial charge in [-0.15, -0.1) is 45.5 Å². The van der Waals surface area contributed by atoms with Gasteiger partial charge in [0.05, 0.1) is 0 Å². The Labute approximate surface area is 174 Å². The second kappa shape index (κ2) is 10.9. The van der Waals surface area contributed by atoms with Crippen LogP contribution < -0.4 is 10.6 Å². The molecule has 3 rings (SSSR count). The van der Waals surface area contributed by atoms with Crippen LogP contribution in [0.5, 0.6) is 0 Å². The van der Waals surface area contributed by atoms with Crippen molar-refractivity contribution in [2.24, 2.45) is 4.99 Å². The molecule has 0 aliphatic heterocycles. The Morgan fingerprint density at radius 1 is 1.15 bits per heavy atom. The van der Waals surface area contributed by atoms with E-state index < -0.39 is 0 Å². The minimum Gasteiger partial charge on any atom is -0.357 e. The third-order valence-electron chi connectivity index (χ3n) is 3.62. The van der Waals surface area contributed by atoms with Gasteiger partial charge in [0.15, 0.2) is 11.8 Å². The van der Waals surface area contributed by atoms with Crippen LogP contribution in [0.3, 0.4) is 0 Å². The summed E-state index contributed by atoms with van der Waals surface area (Å²) in [7, 11) is 0. The van der Waals surface area contributed by atoms with Gasteiger partial charge in [-0.25, -0.2) is 4.99 Å². The second-order valence-corrected chi connectivity index (χ2v) is 6.44. The summed E-state index contributed by atoms with van der Waals surface area (Å²) in [4.78, 5) is 6.00. The fourth-order valence-corrected chi connectivity index (χ4v) is 3.13. The Bertz CT molecular complexity index is 785. The number of halogens is 1. The summed E-state index contributed by atoms with van der Waals surface area (Å²) in [5.74, 6) is 1.60. The van der Waals surface area contributed by atoms with Crippen LogP contribution in [0.1, 0.15) is 17.6 Å². The van der Waals surface area contributed by atoms with Gasteiger partial charge < -0.3 is 10.6 Å². The lowest BCUT2D eigenvalue weighted by Gasteiger charge is -2.11. The molecule has 0 atom stereocenters. The standard InChI is InChI=1S/C18H22N6S.HI/c1-2-19-18(20-11-10-16-9-6-12-25-16)21-13-17-23-22-14-24(17)15-7-4-3-5-8-15;/h3-9,12,14H,2,10-11,13H2,1H3,(H2,19,20,21);1H. The van der Waals surface area contributed by atoms with E-state index in [1.807, 2.05) is 34.9 Å². The number of guanidine groups is 1. The summed E-state index contributed by atoms with van der Waals surface area (Å²) in [6, 6.07) is 14.3.